The highest BCUT2D eigenvalue weighted by Gasteiger charge is 2.11. The van der Waals surface area contributed by atoms with E-state index in [2.05, 4.69) is 33.5 Å². The van der Waals surface area contributed by atoms with Gasteiger partial charge in [-0.1, -0.05) is 24.6 Å². The molecule has 2 N–H and O–H groups in total. The van der Waals surface area contributed by atoms with Crippen molar-refractivity contribution in [1.29, 1.82) is 0 Å². The standard InChI is InChI=1S/C19H28N4O/c1-15-16-8-4-5-9-17(16)24-18(15)14-22-19(20-2)21-10-13-23-11-6-3-7-12-23/h4-5,8-9H,3,6-7,10-14H2,1-2H3,(H2,20,21,22). The Morgan fingerprint density at radius 1 is 1.17 bits per heavy atom. The molecule has 2 aromatic rings. The van der Waals surface area contributed by atoms with Gasteiger partial charge in [-0.2, -0.15) is 0 Å². The van der Waals surface area contributed by atoms with Crippen LogP contribution in [-0.2, 0) is 6.54 Å². The van der Waals surface area contributed by atoms with Crippen LogP contribution in [-0.4, -0.2) is 44.1 Å². The van der Waals surface area contributed by atoms with Crippen LogP contribution in [0.5, 0.6) is 0 Å². The molecule has 0 amide bonds. The van der Waals surface area contributed by atoms with Gasteiger partial charge >= 0.3 is 0 Å². The smallest absolute Gasteiger partial charge is 0.191 e. The number of aliphatic imine (C=N–C) groups is 1. The normalized spacial score (nSPS) is 16.5. The number of nitrogens with zero attached hydrogens (tertiary/aromatic N) is 2. The lowest BCUT2D eigenvalue weighted by Gasteiger charge is -2.26. The minimum Gasteiger partial charge on any atom is -0.459 e. The molecule has 24 heavy (non-hydrogen) atoms. The van der Waals surface area contributed by atoms with Crippen molar-refractivity contribution in [2.75, 3.05) is 33.2 Å². The lowest BCUT2D eigenvalue weighted by Crippen LogP contribution is -2.42. The second-order valence-corrected chi connectivity index (χ2v) is 6.40. The Morgan fingerprint density at radius 3 is 2.71 bits per heavy atom. The van der Waals surface area contributed by atoms with E-state index in [4.69, 9.17) is 4.42 Å². The molecule has 1 aliphatic heterocycles. The van der Waals surface area contributed by atoms with Crippen LogP contribution in [0.2, 0.25) is 0 Å². The third kappa shape index (κ3) is 4.09. The number of furan rings is 1. The highest BCUT2D eigenvalue weighted by atomic mass is 16.3. The summed E-state index contributed by atoms with van der Waals surface area (Å²) in [6, 6.07) is 8.16. The molecular formula is C19H28N4O. The maximum Gasteiger partial charge on any atom is 0.191 e. The summed E-state index contributed by atoms with van der Waals surface area (Å²) in [6.45, 7) is 7.19. The number of rotatable bonds is 5. The summed E-state index contributed by atoms with van der Waals surface area (Å²) in [5.74, 6) is 1.79. The Balaban J connectivity index is 1.49. The molecule has 5 nitrogen and oxygen atoms in total. The van der Waals surface area contributed by atoms with E-state index in [-0.39, 0.29) is 0 Å². The van der Waals surface area contributed by atoms with E-state index in [0.717, 1.165) is 30.4 Å². The summed E-state index contributed by atoms with van der Waals surface area (Å²) in [5.41, 5.74) is 2.14. The number of hydrogen-bond donors (Lipinski definition) is 2. The number of nitrogens with one attached hydrogen (secondary N) is 2. The third-order valence-electron chi connectivity index (χ3n) is 4.75. The Bertz CT molecular complexity index is 686. The maximum absolute atomic E-state index is 5.94. The molecule has 5 heteroatoms. The van der Waals surface area contributed by atoms with Gasteiger partial charge in [0.1, 0.15) is 11.3 Å². The van der Waals surface area contributed by atoms with Gasteiger partial charge in [-0.3, -0.25) is 4.99 Å². The van der Waals surface area contributed by atoms with E-state index in [1.807, 2.05) is 25.2 Å². The van der Waals surface area contributed by atoms with Gasteiger partial charge in [0.15, 0.2) is 5.96 Å². The summed E-state index contributed by atoms with van der Waals surface area (Å²) in [5, 5.41) is 7.93. The highest BCUT2D eigenvalue weighted by molar-refractivity contribution is 5.82. The van der Waals surface area contributed by atoms with Gasteiger partial charge in [-0.25, -0.2) is 0 Å². The molecule has 0 atom stereocenters. The van der Waals surface area contributed by atoms with Crippen LogP contribution in [0.15, 0.2) is 33.7 Å². The Labute approximate surface area is 144 Å². The van der Waals surface area contributed by atoms with Crippen LogP contribution in [0, 0.1) is 6.92 Å². The summed E-state index contributed by atoms with van der Waals surface area (Å²) in [4.78, 5) is 6.82. The Kier molecular flexibility index (Phi) is 5.75. The van der Waals surface area contributed by atoms with E-state index in [1.165, 1.54) is 43.3 Å². The minimum atomic E-state index is 0.643. The largest absolute Gasteiger partial charge is 0.459 e. The second kappa shape index (κ2) is 8.20. The Morgan fingerprint density at radius 2 is 1.96 bits per heavy atom. The first-order valence-electron chi connectivity index (χ1n) is 8.92. The first-order valence-corrected chi connectivity index (χ1v) is 8.92. The van der Waals surface area contributed by atoms with Crippen molar-refractivity contribution >= 4 is 16.9 Å². The van der Waals surface area contributed by atoms with E-state index in [9.17, 15) is 0 Å². The fraction of sp³-hybridized carbons (Fsp3) is 0.526. The fourth-order valence-electron chi connectivity index (χ4n) is 3.29. The summed E-state index contributed by atoms with van der Waals surface area (Å²) < 4.78 is 5.94. The zero-order chi connectivity index (χ0) is 16.8. The van der Waals surface area contributed by atoms with Crippen molar-refractivity contribution in [2.45, 2.75) is 32.7 Å². The lowest BCUT2D eigenvalue weighted by atomic mass is 10.1. The van der Waals surface area contributed by atoms with Gasteiger partial charge in [-0.15, -0.1) is 0 Å². The first kappa shape index (κ1) is 16.8. The number of guanidine groups is 1. The number of benzene rings is 1. The number of fused-ring (bicyclic) bond motifs is 1. The van der Waals surface area contributed by atoms with Gasteiger partial charge in [0.05, 0.1) is 6.54 Å². The fourth-order valence-corrected chi connectivity index (χ4v) is 3.29. The monoisotopic (exact) mass is 328 g/mol. The molecule has 1 aromatic heterocycles. The quantitative estimate of drug-likeness (QED) is 0.654. The average Bonchev–Trinajstić information content (AvgIpc) is 2.95. The second-order valence-electron chi connectivity index (χ2n) is 6.40. The van der Waals surface area contributed by atoms with Crippen LogP contribution in [0.1, 0.15) is 30.6 Å². The van der Waals surface area contributed by atoms with Crippen LogP contribution in [0.4, 0.5) is 0 Å². The molecule has 0 spiro atoms. The van der Waals surface area contributed by atoms with Gasteiger partial charge in [0, 0.05) is 31.1 Å². The highest BCUT2D eigenvalue weighted by Crippen LogP contribution is 2.24. The maximum atomic E-state index is 5.94. The molecule has 2 heterocycles. The van der Waals surface area contributed by atoms with Crippen LogP contribution in [0.25, 0.3) is 11.0 Å². The molecule has 1 aliphatic rings. The number of piperidine rings is 1. The van der Waals surface area contributed by atoms with E-state index in [0.29, 0.717) is 6.54 Å². The summed E-state index contributed by atoms with van der Waals surface area (Å²) >= 11 is 0. The minimum absolute atomic E-state index is 0.643. The number of aryl methyl sites for hydroxylation is 1. The van der Waals surface area contributed by atoms with Crippen molar-refractivity contribution in [1.82, 2.24) is 15.5 Å². The first-order chi connectivity index (χ1) is 11.8. The molecule has 1 aromatic carbocycles. The van der Waals surface area contributed by atoms with Gasteiger partial charge in [0.2, 0.25) is 0 Å². The number of hydrogen-bond acceptors (Lipinski definition) is 3. The third-order valence-corrected chi connectivity index (χ3v) is 4.75. The molecule has 0 radical (unpaired) electrons. The Hall–Kier alpha value is -2.01. The average molecular weight is 328 g/mol. The molecule has 0 aliphatic carbocycles. The van der Waals surface area contributed by atoms with Crippen molar-refractivity contribution in [3.63, 3.8) is 0 Å². The van der Waals surface area contributed by atoms with Crippen LogP contribution >= 0.6 is 0 Å². The number of para-hydroxylation sites is 1. The van der Waals surface area contributed by atoms with Crippen molar-refractivity contribution in [2.24, 2.45) is 4.99 Å². The van der Waals surface area contributed by atoms with Crippen LogP contribution in [0.3, 0.4) is 0 Å². The van der Waals surface area contributed by atoms with Crippen molar-refractivity contribution in [3.8, 4) is 0 Å². The SMILES string of the molecule is CN=C(NCCN1CCCCC1)NCc1oc2ccccc2c1C. The molecular weight excluding hydrogens is 300 g/mol. The number of likely N-dealkylation sites (tertiary alicyclic amines) is 1. The van der Waals surface area contributed by atoms with Gasteiger partial charge in [-0.05, 0) is 38.9 Å². The zero-order valence-corrected chi connectivity index (χ0v) is 14.8. The molecule has 1 fully saturated rings. The van der Waals surface area contributed by atoms with E-state index < -0.39 is 0 Å². The predicted molar refractivity (Wildman–Crippen MR) is 99.4 cm³/mol. The van der Waals surface area contributed by atoms with E-state index in [1.54, 1.807) is 0 Å². The molecule has 0 saturated carbocycles. The van der Waals surface area contributed by atoms with Gasteiger partial charge in [0.25, 0.3) is 0 Å². The van der Waals surface area contributed by atoms with E-state index >= 15 is 0 Å². The lowest BCUT2D eigenvalue weighted by molar-refractivity contribution is 0.232. The van der Waals surface area contributed by atoms with Crippen LogP contribution < -0.4 is 10.6 Å². The van der Waals surface area contributed by atoms with Gasteiger partial charge < -0.3 is 20.0 Å². The molecule has 3 rings (SSSR count). The molecule has 0 unspecified atom stereocenters. The molecule has 130 valence electrons. The molecule has 0 bridgehead atoms. The van der Waals surface area contributed by atoms with Crippen molar-refractivity contribution < 1.29 is 4.42 Å². The summed E-state index contributed by atoms with van der Waals surface area (Å²) in [7, 11) is 1.81. The topological polar surface area (TPSA) is 52.8 Å². The van der Waals surface area contributed by atoms with Crippen molar-refractivity contribution in [3.05, 3.63) is 35.6 Å². The summed E-state index contributed by atoms with van der Waals surface area (Å²) in [6.07, 6.45) is 4.04. The predicted octanol–water partition coefficient (Wildman–Crippen LogP) is 2.89. The zero-order valence-electron chi connectivity index (χ0n) is 14.8. The molecule has 1 saturated heterocycles.